The zero-order valence-electron chi connectivity index (χ0n) is 15.7. The molecule has 0 aromatic carbocycles. The summed E-state index contributed by atoms with van der Waals surface area (Å²) in [6.07, 6.45) is 13.6. The van der Waals surface area contributed by atoms with Crippen LogP contribution in [0.1, 0.15) is 72.6 Å². The molecule has 0 N–H and O–H groups in total. The van der Waals surface area contributed by atoms with E-state index in [0.717, 1.165) is 30.6 Å². The molecule has 4 aliphatic carbocycles. The Balaban J connectivity index is 1.59. The first-order chi connectivity index (χ1) is 11.3. The molecule has 0 aromatic rings. The van der Waals surface area contributed by atoms with Gasteiger partial charge in [-0.2, -0.15) is 0 Å². The second kappa shape index (κ2) is 5.47. The summed E-state index contributed by atoms with van der Waals surface area (Å²) in [5, 5.41) is 0. The van der Waals surface area contributed by atoms with E-state index in [9.17, 15) is 4.79 Å². The van der Waals surface area contributed by atoms with Gasteiger partial charge in [0, 0.05) is 13.3 Å². The Morgan fingerprint density at radius 3 is 2.58 bits per heavy atom. The number of allylic oxidation sites excluding steroid dienone is 3. The molecule has 24 heavy (non-hydrogen) atoms. The van der Waals surface area contributed by atoms with Crippen LogP contribution >= 0.6 is 0 Å². The van der Waals surface area contributed by atoms with Gasteiger partial charge in [0.1, 0.15) is 6.10 Å². The lowest BCUT2D eigenvalue weighted by atomic mass is 9.47. The van der Waals surface area contributed by atoms with E-state index in [-0.39, 0.29) is 12.1 Å². The van der Waals surface area contributed by atoms with Crippen molar-refractivity contribution < 1.29 is 9.53 Å². The topological polar surface area (TPSA) is 26.3 Å². The second-order valence-electron chi connectivity index (χ2n) is 9.31. The van der Waals surface area contributed by atoms with E-state index in [1.165, 1.54) is 39.0 Å². The van der Waals surface area contributed by atoms with Crippen molar-refractivity contribution >= 4 is 5.97 Å². The van der Waals surface area contributed by atoms with Crippen molar-refractivity contribution in [2.75, 3.05) is 0 Å². The number of esters is 1. The Morgan fingerprint density at radius 2 is 1.83 bits per heavy atom. The number of carbonyl (C=O) groups excluding carboxylic acids is 1. The third-order valence-corrected chi connectivity index (χ3v) is 8.36. The summed E-state index contributed by atoms with van der Waals surface area (Å²) in [7, 11) is 0. The van der Waals surface area contributed by atoms with Crippen LogP contribution in [0.25, 0.3) is 0 Å². The molecule has 6 unspecified atom stereocenters. The summed E-state index contributed by atoms with van der Waals surface area (Å²) in [5.41, 5.74) is 4.03. The number of hydrogen-bond acceptors (Lipinski definition) is 2. The summed E-state index contributed by atoms with van der Waals surface area (Å²) in [4.78, 5) is 11.3. The Morgan fingerprint density at radius 1 is 1.08 bits per heavy atom. The summed E-state index contributed by atoms with van der Waals surface area (Å²) < 4.78 is 5.53. The summed E-state index contributed by atoms with van der Waals surface area (Å²) in [5.74, 6) is 2.39. The maximum absolute atomic E-state index is 11.3. The van der Waals surface area contributed by atoms with Gasteiger partial charge >= 0.3 is 5.97 Å². The van der Waals surface area contributed by atoms with Gasteiger partial charge in [0.15, 0.2) is 0 Å². The van der Waals surface area contributed by atoms with Crippen molar-refractivity contribution in [1.82, 2.24) is 0 Å². The van der Waals surface area contributed by atoms with E-state index in [2.05, 4.69) is 32.9 Å². The first-order valence-electron chi connectivity index (χ1n) is 9.88. The molecule has 0 amide bonds. The van der Waals surface area contributed by atoms with E-state index < -0.39 is 0 Å². The summed E-state index contributed by atoms with van der Waals surface area (Å²) in [6, 6.07) is 0. The fourth-order valence-electron chi connectivity index (χ4n) is 6.74. The average molecular weight is 328 g/mol. The minimum absolute atomic E-state index is 0.114. The smallest absolute Gasteiger partial charge is 0.302 e. The third kappa shape index (κ3) is 2.24. The van der Waals surface area contributed by atoms with Gasteiger partial charge in [-0.15, -0.1) is 0 Å². The second-order valence-corrected chi connectivity index (χ2v) is 9.31. The molecule has 0 radical (unpaired) electrons. The van der Waals surface area contributed by atoms with Crippen LogP contribution in [0.3, 0.4) is 0 Å². The molecule has 0 heterocycles. The Kier molecular flexibility index (Phi) is 3.75. The lowest BCUT2D eigenvalue weighted by Crippen LogP contribution is -2.50. The Hall–Kier alpha value is -1.05. The largest absolute Gasteiger partial charge is 0.462 e. The molecule has 0 aliphatic heterocycles. The predicted octanol–water partition coefficient (Wildman–Crippen LogP) is 5.44. The zero-order valence-corrected chi connectivity index (χ0v) is 15.7. The van der Waals surface area contributed by atoms with Crippen molar-refractivity contribution in [3.05, 3.63) is 23.3 Å². The molecule has 4 rings (SSSR count). The highest BCUT2D eigenvalue weighted by Gasteiger charge is 2.56. The molecule has 132 valence electrons. The lowest BCUT2D eigenvalue weighted by Gasteiger charge is -2.57. The van der Waals surface area contributed by atoms with Crippen molar-refractivity contribution in [1.29, 1.82) is 0 Å². The van der Waals surface area contributed by atoms with Gasteiger partial charge < -0.3 is 4.74 Å². The maximum atomic E-state index is 11.3. The number of rotatable bonds is 1. The number of carbonyl (C=O) groups is 1. The molecule has 2 heteroatoms. The maximum Gasteiger partial charge on any atom is 0.302 e. The van der Waals surface area contributed by atoms with Crippen LogP contribution in [-0.4, -0.2) is 12.1 Å². The van der Waals surface area contributed by atoms with Crippen LogP contribution in [0.15, 0.2) is 23.3 Å². The number of ether oxygens (including phenoxy) is 1. The van der Waals surface area contributed by atoms with Gasteiger partial charge in [0.2, 0.25) is 0 Å². The normalized spacial score (nSPS) is 47.0. The summed E-state index contributed by atoms with van der Waals surface area (Å²) >= 11 is 0. The van der Waals surface area contributed by atoms with Gasteiger partial charge in [-0.3, -0.25) is 4.79 Å². The first kappa shape index (κ1) is 16.4. The predicted molar refractivity (Wildman–Crippen MR) is 96.4 cm³/mol. The van der Waals surface area contributed by atoms with Crippen molar-refractivity contribution in [3.8, 4) is 0 Å². The number of hydrogen-bond donors (Lipinski definition) is 0. The summed E-state index contributed by atoms with van der Waals surface area (Å²) in [6.45, 7) is 8.93. The van der Waals surface area contributed by atoms with Gasteiger partial charge in [0.25, 0.3) is 0 Å². The molecule has 2 fully saturated rings. The molecule has 0 bridgehead atoms. The molecule has 0 aromatic heterocycles. The van der Waals surface area contributed by atoms with Crippen LogP contribution in [0.4, 0.5) is 0 Å². The fourth-order valence-corrected chi connectivity index (χ4v) is 6.74. The van der Waals surface area contributed by atoms with Crippen LogP contribution in [-0.2, 0) is 9.53 Å². The molecule has 0 spiro atoms. The fraction of sp³-hybridized carbons (Fsp3) is 0.773. The van der Waals surface area contributed by atoms with E-state index in [1.54, 1.807) is 11.1 Å². The molecule has 2 saturated carbocycles. The van der Waals surface area contributed by atoms with E-state index >= 15 is 0 Å². The zero-order chi connectivity index (χ0) is 17.1. The lowest BCUT2D eigenvalue weighted by molar-refractivity contribution is -0.148. The minimum atomic E-state index is -0.126. The molecule has 0 saturated heterocycles. The molecule has 6 atom stereocenters. The van der Waals surface area contributed by atoms with Crippen LogP contribution < -0.4 is 0 Å². The van der Waals surface area contributed by atoms with Crippen LogP contribution in [0.5, 0.6) is 0 Å². The van der Waals surface area contributed by atoms with Crippen LogP contribution in [0, 0.1) is 28.6 Å². The van der Waals surface area contributed by atoms with Gasteiger partial charge in [-0.1, -0.05) is 37.1 Å². The van der Waals surface area contributed by atoms with E-state index in [4.69, 9.17) is 4.74 Å². The van der Waals surface area contributed by atoms with E-state index in [0.29, 0.717) is 10.8 Å². The van der Waals surface area contributed by atoms with Crippen molar-refractivity contribution in [3.63, 3.8) is 0 Å². The highest BCUT2D eigenvalue weighted by molar-refractivity contribution is 5.66. The van der Waals surface area contributed by atoms with Gasteiger partial charge in [-0.25, -0.2) is 0 Å². The molecular weight excluding hydrogens is 296 g/mol. The van der Waals surface area contributed by atoms with E-state index in [1.807, 2.05) is 0 Å². The van der Waals surface area contributed by atoms with Crippen LogP contribution in [0.2, 0.25) is 0 Å². The monoisotopic (exact) mass is 328 g/mol. The Labute approximate surface area is 146 Å². The first-order valence-corrected chi connectivity index (χ1v) is 9.88. The quantitative estimate of drug-likeness (QED) is 0.473. The number of fused-ring (bicyclic) bond motifs is 5. The van der Waals surface area contributed by atoms with Gasteiger partial charge in [-0.05, 0) is 74.0 Å². The molecular formula is C22H32O2. The van der Waals surface area contributed by atoms with Crippen molar-refractivity contribution in [2.45, 2.75) is 78.7 Å². The minimum Gasteiger partial charge on any atom is -0.462 e. The molecule has 2 nitrogen and oxygen atoms in total. The highest BCUT2D eigenvalue weighted by atomic mass is 16.5. The molecule has 4 aliphatic rings. The standard InChI is InChI=1S/C22H32O2/c1-14-5-8-19-18-7-6-16-13-17(24-15(2)23)9-11-22(16,4)20(18)10-12-21(14,19)3/h5-6,17-20H,7-13H2,1-4H3. The Bertz CT molecular complexity index is 615. The third-order valence-electron chi connectivity index (χ3n) is 8.36. The average Bonchev–Trinajstić information content (AvgIpc) is 2.83. The van der Waals surface area contributed by atoms with Crippen molar-refractivity contribution in [2.24, 2.45) is 28.6 Å². The SMILES string of the molecule is CC(=O)OC1CCC2(C)C(=CCC3C4CC=C(C)C4(C)CCC32)C1. The highest BCUT2D eigenvalue weighted by Crippen LogP contribution is 2.64. The van der Waals surface area contributed by atoms with Gasteiger partial charge in [0.05, 0.1) is 0 Å².